The van der Waals surface area contributed by atoms with E-state index in [1.807, 2.05) is 24.3 Å². The second kappa shape index (κ2) is 8.93. The first-order valence-corrected chi connectivity index (χ1v) is 11.0. The van der Waals surface area contributed by atoms with Crippen molar-refractivity contribution in [1.29, 1.82) is 0 Å². The maximum absolute atomic E-state index is 12.3. The van der Waals surface area contributed by atoms with Gasteiger partial charge in [-0.15, -0.1) is 0 Å². The molecule has 2 atom stereocenters. The summed E-state index contributed by atoms with van der Waals surface area (Å²) >= 11 is 1.17. The lowest BCUT2D eigenvalue weighted by Gasteiger charge is -2.23. The minimum atomic E-state index is -1.02. The number of carboxylic acid groups (broad SMARTS) is 1. The lowest BCUT2D eigenvalue weighted by Crippen LogP contribution is -2.24. The van der Waals surface area contributed by atoms with E-state index in [-0.39, 0.29) is 12.5 Å². The first kappa shape index (κ1) is 21.1. The van der Waals surface area contributed by atoms with Crippen molar-refractivity contribution < 1.29 is 19.4 Å². The van der Waals surface area contributed by atoms with E-state index in [1.165, 1.54) is 17.3 Å². The van der Waals surface area contributed by atoms with Crippen LogP contribution in [0, 0.1) is 0 Å². The summed E-state index contributed by atoms with van der Waals surface area (Å²) in [6.45, 7) is 2.11. The van der Waals surface area contributed by atoms with Crippen molar-refractivity contribution in [2.75, 3.05) is 7.11 Å². The Hall–Kier alpha value is -3.13. The van der Waals surface area contributed by atoms with Crippen LogP contribution in [0.1, 0.15) is 42.5 Å². The smallest absolute Gasteiger partial charge is 0.305 e. The Balaban J connectivity index is 1.66. The number of methoxy groups -OCH3 is 1. The van der Waals surface area contributed by atoms with E-state index in [0.717, 1.165) is 29.0 Å². The van der Waals surface area contributed by atoms with Crippen LogP contribution in [0.25, 0.3) is 0 Å². The number of amides is 1. The Kier molecular flexibility index (Phi) is 6.08. The van der Waals surface area contributed by atoms with E-state index in [9.17, 15) is 9.59 Å². The number of ether oxygens (including phenoxy) is 1. The van der Waals surface area contributed by atoms with Crippen LogP contribution in [-0.4, -0.2) is 45.2 Å². The predicted octanol–water partition coefficient (Wildman–Crippen LogP) is 3.88. The van der Waals surface area contributed by atoms with E-state index >= 15 is 0 Å². The monoisotopic (exact) mass is 437 g/mol. The molecule has 0 aromatic heterocycles. The Morgan fingerprint density at radius 3 is 2.52 bits per heavy atom. The van der Waals surface area contributed by atoms with Gasteiger partial charge in [0.25, 0.3) is 5.91 Å². The van der Waals surface area contributed by atoms with Crippen molar-refractivity contribution in [1.82, 2.24) is 5.01 Å². The Morgan fingerprint density at radius 2 is 1.90 bits per heavy atom. The maximum Gasteiger partial charge on any atom is 0.305 e. The molecule has 2 aliphatic rings. The fourth-order valence-electron chi connectivity index (χ4n) is 3.64. The minimum absolute atomic E-state index is 0.120. The van der Waals surface area contributed by atoms with Gasteiger partial charge in [-0.2, -0.15) is 10.1 Å². The van der Waals surface area contributed by atoms with Crippen LogP contribution < -0.4 is 4.74 Å². The molecule has 31 heavy (non-hydrogen) atoms. The number of nitrogens with zero attached hydrogens (tertiary/aromatic N) is 3. The third-order valence-corrected chi connectivity index (χ3v) is 6.53. The van der Waals surface area contributed by atoms with Crippen LogP contribution in [0.5, 0.6) is 5.75 Å². The quantitative estimate of drug-likeness (QED) is 0.737. The van der Waals surface area contributed by atoms with Crippen LogP contribution in [0.2, 0.25) is 0 Å². The highest BCUT2D eigenvalue weighted by atomic mass is 32.2. The molecule has 0 unspecified atom stereocenters. The van der Waals surface area contributed by atoms with Crippen LogP contribution in [-0.2, 0) is 16.0 Å². The molecule has 0 fully saturated rings. The summed E-state index contributed by atoms with van der Waals surface area (Å²) in [5.41, 5.74) is 4.16. The fraction of sp³-hybridized carbons (Fsp3) is 0.304. The molecule has 2 aliphatic heterocycles. The SMILES string of the molecule is CCc1ccc([C@H]2CC(c3ccc(OC)cc3)=NN2C2=NC(=O)[C@H](CC(=O)O)S2)cc1. The predicted molar refractivity (Wildman–Crippen MR) is 121 cm³/mol. The van der Waals surface area contributed by atoms with Crippen LogP contribution >= 0.6 is 11.8 Å². The first-order chi connectivity index (χ1) is 15.0. The molecule has 0 radical (unpaired) electrons. The highest BCUT2D eigenvalue weighted by Crippen LogP contribution is 2.38. The lowest BCUT2D eigenvalue weighted by molar-refractivity contribution is -0.138. The average molecular weight is 438 g/mol. The van der Waals surface area contributed by atoms with Gasteiger partial charge in [-0.05, 0) is 47.4 Å². The molecule has 1 amide bonds. The van der Waals surface area contributed by atoms with Crippen molar-refractivity contribution in [3.8, 4) is 5.75 Å². The van der Waals surface area contributed by atoms with Crippen LogP contribution in [0.4, 0.5) is 0 Å². The van der Waals surface area contributed by atoms with E-state index in [4.69, 9.17) is 14.9 Å². The molecule has 160 valence electrons. The Bertz CT molecular complexity index is 1050. The van der Waals surface area contributed by atoms with Gasteiger partial charge < -0.3 is 9.84 Å². The number of hydrogen-bond donors (Lipinski definition) is 1. The summed E-state index contributed by atoms with van der Waals surface area (Å²) in [7, 11) is 1.62. The van der Waals surface area contributed by atoms with Gasteiger partial charge in [-0.25, -0.2) is 5.01 Å². The minimum Gasteiger partial charge on any atom is -0.497 e. The Labute approximate surface area is 184 Å². The molecule has 0 spiro atoms. The largest absolute Gasteiger partial charge is 0.497 e. The number of aliphatic carboxylic acids is 1. The van der Waals surface area contributed by atoms with Gasteiger partial charge in [0.05, 0.1) is 25.3 Å². The molecule has 2 aromatic carbocycles. The third-order valence-electron chi connectivity index (χ3n) is 5.39. The Morgan fingerprint density at radius 1 is 1.19 bits per heavy atom. The van der Waals surface area contributed by atoms with Gasteiger partial charge in [0.2, 0.25) is 0 Å². The molecule has 0 bridgehead atoms. The number of carboxylic acids is 1. The van der Waals surface area contributed by atoms with Gasteiger partial charge >= 0.3 is 5.97 Å². The fourth-order valence-corrected chi connectivity index (χ4v) is 4.70. The van der Waals surface area contributed by atoms with E-state index in [1.54, 1.807) is 12.1 Å². The molecule has 7 nitrogen and oxygen atoms in total. The summed E-state index contributed by atoms with van der Waals surface area (Å²) < 4.78 is 5.24. The number of carbonyl (C=O) groups excluding carboxylic acids is 1. The van der Waals surface area contributed by atoms with E-state index < -0.39 is 17.1 Å². The van der Waals surface area contributed by atoms with Crippen molar-refractivity contribution in [2.45, 2.75) is 37.5 Å². The first-order valence-electron chi connectivity index (χ1n) is 10.1. The number of hydrogen-bond acceptors (Lipinski definition) is 6. The van der Waals surface area contributed by atoms with E-state index in [0.29, 0.717) is 11.6 Å². The molecule has 8 heteroatoms. The van der Waals surface area contributed by atoms with Crippen molar-refractivity contribution in [3.05, 3.63) is 65.2 Å². The highest BCUT2D eigenvalue weighted by molar-refractivity contribution is 8.15. The zero-order chi connectivity index (χ0) is 22.0. The van der Waals surface area contributed by atoms with Crippen molar-refractivity contribution in [2.24, 2.45) is 10.1 Å². The molecule has 2 aromatic rings. The summed E-state index contributed by atoms with van der Waals surface area (Å²) in [6.07, 6.45) is 1.35. The number of amidine groups is 1. The summed E-state index contributed by atoms with van der Waals surface area (Å²) in [6, 6.07) is 15.9. The van der Waals surface area contributed by atoms with Crippen LogP contribution in [0.3, 0.4) is 0 Å². The summed E-state index contributed by atoms with van der Waals surface area (Å²) in [5.74, 6) is -0.669. The average Bonchev–Trinajstić information content (AvgIpc) is 3.37. The molecule has 0 saturated heterocycles. The maximum atomic E-state index is 12.3. The summed E-state index contributed by atoms with van der Waals surface area (Å²) in [5, 5.41) is 15.4. The number of aryl methyl sites for hydroxylation is 1. The van der Waals surface area contributed by atoms with Gasteiger partial charge in [0.15, 0.2) is 5.17 Å². The highest BCUT2D eigenvalue weighted by Gasteiger charge is 2.39. The number of benzene rings is 2. The summed E-state index contributed by atoms with van der Waals surface area (Å²) in [4.78, 5) is 27.5. The van der Waals surface area contributed by atoms with Crippen molar-refractivity contribution >= 4 is 34.5 Å². The van der Waals surface area contributed by atoms with Crippen LogP contribution in [0.15, 0.2) is 58.6 Å². The normalized spacial score (nSPS) is 20.6. The second-order valence-electron chi connectivity index (χ2n) is 7.37. The number of rotatable bonds is 6. The molecule has 1 N–H and O–H groups in total. The van der Waals surface area contributed by atoms with Gasteiger partial charge in [-0.3, -0.25) is 9.59 Å². The number of thioether (sulfide) groups is 1. The number of carbonyl (C=O) groups is 2. The topological polar surface area (TPSA) is 91.6 Å². The molecule has 2 heterocycles. The number of aliphatic imine (C=N–C) groups is 1. The number of hydrazone groups is 1. The molecule has 0 saturated carbocycles. The lowest BCUT2D eigenvalue weighted by atomic mass is 9.97. The molecular formula is C23H23N3O4S. The molecule has 0 aliphatic carbocycles. The van der Waals surface area contributed by atoms with E-state index in [2.05, 4.69) is 36.2 Å². The standard InChI is InChI=1S/C23H23N3O4S/c1-3-14-4-6-16(7-5-14)19-12-18(15-8-10-17(30-2)11-9-15)25-26(19)23-24-22(29)20(31-23)13-21(27)28/h4-11,19-20H,3,12-13H2,1-2H3,(H,27,28)/t19-,20+/m1/s1. The third kappa shape index (κ3) is 4.49. The van der Waals surface area contributed by atoms with Crippen molar-refractivity contribution in [3.63, 3.8) is 0 Å². The molecular weight excluding hydrogens is 414 g/mol. The molecule has 4 rings (SSSR count). The zero-order valence-electron chi connectivity index (χ0n) is 17.3. The zero-order valence-corrected chi connectivity index (χ0v) is 18.1. The van der Waals surface area contributed by atoms with Gasteiger partial charge in [0, 0.05) is 6.42 Å². The van der Waals surface area contributed by atoms with Gasteiger partial charge in [-0.1, -0.05) is 43.0 Å². The second-order valence-corrected chi connectivity index (χ2v) is 8.54. The van der Waals surface area contributed by atoms with Gasteiger partial charge in [0.1, 0.15) is 11.0 Å².